The van der Waals surface area contributed by atoms with Gasteiger partial charge in [0.15, 0.2) is 5.78 Å². The molecule has 0 atom stereocenters. The molecule has 3 heteroatoms. The highest BCUT2D eigenvalue weighted by Crippen LogP contribution is 2.18. The molecule has 2 nitrogen and oxygen atoms in total. The molecule has 106 valence electrons. The number of hydrogen-bond acceptors (Lipinski definition) is 2. The molecule has 1 aliphatic heterocycles. The summed E-state index contributed by atoms with van der Waals surface area (Å²) in [7, 11) is 0. The molecule has 0 saturated heterocycles. The SMILES string of the molecule is O=C(c1cccc(F)c1)c1ccccc1CN1CC=CC1. The normalized spacial score (nSPS) is 14.5. The number of nitrogens with zero attached hydrogens (tertiary/aromatic N) is 1. The summed E-state index contributed by atoms with van der Waals surface area (Å²) in [5, 5.41) is 0. The lowest BCUT2D eigenvalue weighted by molar-refractivity contribution is 0.103. The van der Waals surface area contributed by atoms with Crippen molar-refractivity contribution >= 4 is 5.78 Å². The second kappa shape index (κ2) is 6.02. The maximum Gasteiger partial charge on any atom is 0.193 e. The van der Waals surface area contributed by atoms with E-state index in [4.69, 9.17) is 0 Å². The minimum atomic E-state index is -0.387. The van der Waals surface area contributed by atoms with Gasteiger partial charge in [0.05, 0.1) is 0 Å². The van der Waals surface area contributed by atoms with E-state index in [2.05, 4.69) is 17.1 Å². The predicted molar refractivity (Wildman–Crippen MR) is 80.7 cm³/mol. The lowest BCUT2D eigenvalue weighted by Gasteiger charge is -2.17. The number of ketones is 1. The van der Waals surface area contributed by atoms with Crippen molar-refractivity contribution < 1.29 is 9.18 Å². The first-order valence-electron chi connectivity index (χ1n) is 6.99. The molecule has 0 N–H and O–H groups in total. The van der Waals surface area contributed by atoms with Gasteiger partial charge in [0.2, 0.25) is 0 Å². The first-order chi connectivity index (χ1) is 10.2. The average Bonchev–Trinajstić information content (AvgIpc) is 3.00. The van der Waals surface area contributed by atoms with E-state index in [1.165, 1.54) is 12.1 Å². The molecule has 3 rings (SSSR count). The number of benzene rings is 2. The van der Waals surface area contributed by atoms with E-state index in [1.807, 2.05) is 24.3 Å². The van der Waals surface area contributed by atoms with Gasteiger partial charge in [-0.1, -0.05) is 48.6 Å². The van der Waals surface area contributed by atoms with Crippen molar-refractivity contribution in [2.75, 3.05) is 13.1 Å². The van der Waals surface area contributed by atoms with Crippen molar-refractivity contribution in [1.29, 1.82) is 0 Å². The van der Waals surface area contributed by atoms with Crippen molar-refractivity contribution in [2.45, 2.75) is 6.54 Å². The van der Waals surface area contributed by atoms with Crippen LogP contribution in [0.25, 0.3) is 0 Å². The third-order valence-corrected chi connectivity index (χ3v) is 3.64. The Bertz CT molecular complexity index is 685. The van der Waals surface area contributed by atoms with Crippen LogP contribution in [0.2, 0.25) is 0 Å². The molecule has 0 unspecified atom stereocenters. The fourth-order valence-electron chi connectivity index (χ4n) is 2.56. The number of carbonyl (C=O) groups excluding carboxylic acids is 1. The highest BCUT2D eigenvalue weighted by atomic mass is 19.1. The zero-order valence-corrected chi connectivity index (χ0v) is 11.6. The maximum absolute atomic E-state index is 13.3. The molecule has 0 radical (unpaired) electrons. The van der Waals surface area contributed by atoms with Crippen LogP contribution in [-0.2, 0) is 6.54 Å². The number of carbonyl (C=O) groups is 1. The Morgan fingerprint density at radius 1 is 1.05 bits per heavy atom. The highest BCUT2D eigenvalue weighted by Gasteiger charge is 2.16. The summed E-state index contributed by atoms with van der Waals surface area (Å²) < 4.78 is 13.3. The summed E-state index contributed by atoms with van der Waals surface area (Å²) in [4.78, 5) is 14.8. The molecule has 0 bridgehead atoms. The molecule has 0 aliphatic carbocycles. The van der Waals surface area contributed by atoms with Gasteiger partial charge in [-0.2, -0.15) is 0 Å². The zero-order valence-electron chi connectivity index (χ0n) is 11.6. The summed E-state index contributed by atoms with van der Waals surface area (Å²) >= 11 is 0. The Morgan fingerprint density at radius 2 is 1.81 bits per heavy atom. The third kappa shape index (κ3) is 3.09. The Labute approximate surface area is 123 Å². The molecule has 0 saturated carbocycles. The first kappa shape index (κ1) is 13.7. The van der Waals surface area contributed by atoms with Gasteiger partial charge >= 0.3 is 0 Å². The molecule has 0 amide bonds. The average molecular weight is 281 g/mol. The van der Waals surface area contributed by atoms with Gasteiger partial charge in [-0.15, -0.1) is 0 Å². The van der Waals surface area contributed by atoms with Crippen LogP contribution in [0.5, 0.6) is 0 Å². The number of rotatable bonds is 4. The maximum atomic E-state index is 13.3. The fourth-order valence-corrected chi connectivity index (χ4v) is 2.56. The Balaban J connectivity index is 1.89. The van der Waals surface area contributed by atoms with Crippen molar-refractivity contribution in [1.82, 2.24) is 4.90 Å². The van der Waals surface area contributed by atoms with E-state index in [9.17, 15) is 9.18 Å². The second-order valence-corrected chi connectivity index (χ2v) is 5.16. The monoisotopic (exact) mass is 281 g/mol. The summed E-state index contributed by atoms with van der Waals surface area (Å²) in [6, 6.07) is 13.4. The number of halogens is 1. The van der Waals surface area contributed by atoms with Gasteiger partial charge in [0.1, 0.15) is 5.82 Å². The van der Waals surface area contributed by atoms with E-state index >= 15 is 0 Å². The minimum Gasteiger partial charge on any atom is -0.292 e. The standard InChI is InChI=1S/C18H16FNO/c19-16-8-5-7-14(12-16)18(21)17-9-2-1-6-15(17)13-20-10-3-4-11-20/h1-9,12H,10-11,13H2. The van der Waals surface area contributed by atoms with E-state index < -0.39 is 0 Å². The smallest absolute Gasteiger partial charge is 0.193 e. The molecule has 1 heterocycles. The quantitative estimate of drug-likeness (QED) is 0.632. The van der Waals surface area contributed by atoms with Crippen molar-refractivity contribution in [3.63, 3.8) is 0 Å². The summed E-state index contributed by atoms with van der Waals surface area (Å²) in [5.41, 5.74) is 2.02. The number of hydrogen-bond donors (Lipinski definition) is 0. The van der Waals surface area contributed by atoms with Gasteiger partial charge in [0.25, 0.3) is 0 Å². The third-order valence-electron chi connectivity index (χ3n) is 3.64. The topological polar surface area (TPSA) is 20.3 Å². The van der Waals surface area contributed by atoms with Crippen LogP contribution in [0.4, 0.5) is 4.39 Å². The molecule has 21 heavy (non-hydrogen) atoms. The molecule has 0 spiro atoms. The van der Waals surface area contributed by atoms with E-state index in [1.54, 1.807) is 12.1 Å². The molecule has 2 aromatic carbocycles. The highest BCUT2D eigenvalue weighted by molar-refractivity contribution is 6.09. The molecule has 1 aliphatic rings. The Kier molecular flexibility index (Phi) is 3.93. The van der Waals surface area contributed by atoms with E-state index in [0.29, 0.717) is 11.1 Å². The van der Waals surface area contributed by atoms with Gasteiger partial charge in [-0.3, -0.25) is 9.69 Å². The first-order valence-corrected chi connectivity index (χ1v) is 6.99. The lowest BCUT2D eigenvalue weighted by atomic mass is 9.98. The lowest BCUT2D eigenvalue weighted by Crippen LogP contribution is -2.21. The van der Waals surface area contributed by atoms with Crippen molar-refractivity contribution in [3.05, 3.63) is 83.2 Å². The van der Waals surface area contributed by atoms with Crippen LogP contribution in [-0.4, -0.2) is 23.8 Å². The molecule has 0 fully saturated rings. The Hall–Kier alpha value is -2.26. The van der Waals surface area contributed by atoms with Crippen LogP contribution in [0.15, 0.2) is 60.7 Å². The summed E-state index contributed by atoms with van der Waals surface area (Å²) in [6.45, 7) is 2.54. The van der Waals surface area contributed by atoms with Gasteiger partial charge in [0, 0.05) is 30.8 Å². The van der Waals surface area contributed by atoms with Crippen LogP contribution in [0.3, 0.4) is 0 Å². The van der Waals surface area contributed by atoms with Crippen LogP contribution in [0.1, 0.15) is 21.5 Å². The fraction of sp³-hybridized carbons (Fsp3) is 0.167. The predicted octanol–water partition coefficient (Wildman–Crippen LogP) is 3.43. The second-order valence-electron chi connectivity index (χ2n) is 5.16. The van der Waals surface area contributed by atoms with Crippen LogP contribution in [0, 0.1) is 5.82 Å². The van der Waals surface area contributed by atoms with E-state index in [-0.39, 0.29) is 11.6 Å². The zero-order chi connectivity index (χ0) is 14.7. The van der Waals surface area contributed by atoms with E-state index in [0.717, 1.165) is 25.2 Å². The molecule has 2 aromatic rings. The summed E-state index contributed by atoms with van der Waals surface area (Å²) in [6.07, 6.45) is 4.24. The van der Waals surface area contributed by atoms with Gasteiger partial charge < -0.3 is 0 Å². The molecule has 0 aromatic heterocycles. The minimum absolute atomic E-state index is 0.128. The largest absolute Gasteiger partial charge is 0.292 e. The van der Waals surface area contributed by atoms with Crippen molar-refractivity contribution in [2.24, 2.45) is 0 Å². The Morgan fingerprint density at radius 3 is 2.57 bits per heavy atom. The van der Waals surface area contributed by atoms with Crippen molar-refractivity contribution in [3.8, 4) is 0 Å². The summed E-state index contributed by atoms with van der Waals surface area (Å²) in [5.74, 6) is -0.515. The molecular formula is C18H16FNO. The molecular weight excluding hydrogens is 265 g/mol. The van der Waals surface area contributed by atoms with Crippen LogP contribution >= 0.6 is 0 Å². The van der Waals surface area contributed by atoms with Gasteiger partial charge in [-0.25, -0.2) is 4.39 Å². The van der Waals surface area contributed by atoms with Gasteiger partial charge in [-0.05, 0) is 17.7 Å². The van der Waals surface area contributed by atoms with Crippen LogP contribution < -0.4 is 0 Å².